The molecule has 3 amide bonds. The quantitative estimate of drug-likeness (QED) is 0.226. The van der Waals surface area contributed by atoms with Gasteiger partial charge in [0.2, 0.25) is 5.91 Å². The second-order valence-corrected chi connectivity index (χ2v) is 13.5. The Balaban J connectivity index is 1.73. The van der Waals surface area contributed by atoms with Gasteiger partial charge in [-0.2, -0.15) is 13.2 Å². The van der Waals surface area contributed by atoms with E-state index >= 15 is 0 Å². The van der Waals surface area contributed by atoms with Crippen molar-refractivity contribution in [2.75, 3.05) is 23.9 Å². The minimum absolute atomic E-state index is 0.0352. The van der Waals surface area contributed by atoms with Crippen LogP contribution in [0.15, 0.2) is 52.3 Å². The summed E-state index contributed by atoms with van der Waals surface area (Å²) in [5, 5.41) is 19.3. The molecule has 43 heavy (non-hydrogen) atoms. The van der Waals surface area contributed by atoms with Gasteiger partial charge in [-0.15, -0.1) is 11.8 Å². The molecule has 0 heterocycles. The predicted octanol–water partition coefficient (Wildman–Crippen LogP) is 4.37. The molecule has 0 spiro atoms. The zero-order chi connectivity index (χ0) is 31.9. The first-order valence-electron chi connectivity index (χ1n) is 13.5. The maximum Gasteiger partial charge on any atom is 0.416 e. The van der Waals surface area contributed by atoms with E-state index in [9.17, 15) is 36.0 Å². The van der Waals surface area contributed by atoms with Gasteiger partial charge in [-0.1, -0.05) is 13.8 Å². The van der Waals surface area contributed by atoms with Gasteiger partial charge >= 0.3 is 12.3 Å². The molecule has 0 bridgehead atoms. The largest absolute Gasteiger partial charge is 0.465 e. The smallest absolute Gasteiger partial charge is 0.416 e. The van der Waals surface area contributed by atoms with Gasteiger partial charge in [-0.05, 0) is 73.9 Å². The van der Waals surface area contributed by atoms with E-state index in [0.717, 1.165) is 11.0 Å². The molecule has 3 atom stereocenters. The second kappa shape index (κ2) is 14.4. The molecule has 2 aromatic rings. The number of sulfone groups is 1. The minimum atomic E-state index is -4.79. The Morgan fingerprint density at radius 3 is 2.33 bits per heavy atom. The van der Waals surface area contributed by atoms with Crippen molar-refractivity contribution in [3.05, 3.63) is 53.6 Å². The first kappa shape index (κ1) is 34.2. The molecule has 1 saturated carbocycles. The topological polar surface area (TPSA) is 154 Å². The summed E-state index contributed by atoms with van der Waals surface area (Å²) in [6.45, 7) is 3.34. The van der Waals surface area contributed by atoms with Crippen molar-refractivity contribution < 1.29 is 41.1 Å². The number of carbonyl (C=O) groups is 3. The second-order valence-electron chi connectivity index (χ2n) is 10.6. The number of carboxylic acid groups (broad SMARTS) is 1. The molecule has 0 aromatic heterocycles. The standard InChI is InChI=1S/C28H35F3N4O6S2/c1-16(2)33-19-5-11-23(17(12-19)15-43(40,41)21-8-6-20(42-3)7-9-21)34-25(36)14-32-26(37)22-13-18(28(29,30)31)4-10-24(22)35-27(38)39/h4,6-10,13,16-17,19,23,33,35H,5,11-12,14-15H2,1-3H3,(H,32,37)(H,34,36)(H,38,39). The van der Waals surface area contributed by atoms with E-state index in [1.165, 1.54) is 11.8 Å². The van der Waals surface area contributed by atoms with Crippen LogP contribution in [0.4, 0.5) is 23.7 Å². The number of halogens is 3. The number of anilines is 1. The van der Waals surface area contributed by atoms with Crippen LogP contribution < -0.4 is 21.3 Å². The van der Waals surface area contributed by atoms with Crippen molar-refractivity contribution in [1.82, 2.24) is 16.0 Å². The van der Waals surface area contributed by atoms with Gasteiger partial charge in [-0.3, -0.25) is 14.9 Å². The fourth-order valence-electron chi connectivity index (χ4n) is 5.07. The van der Waals surface area contributed by atoms with Crippen molar-refractivity contribution in [1.29, 1.82) is 0 Å². The van der Waals surface area contributed by atoms with Gasteiger partial charge in [-0.25, -0.2) is 13.2 Å². The molecule has 236 valence electrons. The molecule has 5 N–H and O–H groups in total. The first-order valence-corrected chi connectivity index (χ1v) is 16.4. The number of thioether (sulfide) groups is 1. The number of rotatable bonds is 11. The van der Waals surface area contributed by atoms with E-state index < -0.39 is 63.6 Å². The first-order chi connectivity index (χ1) is 20.1. The van der Waals surface area contributed by atoms with Crippen LogP contribution in [-0.2, 0) is 20.8 Å². The minimum Gasteiger partial charge on any atom is -0.465 e. The molecule has 1 fully saturated rings. The van der Waals surface area contributed by atoms with E-state index in [2.05, 4.69) is 16.0 Å². The average molecular weight is 645 g/mol. The van der Waals surface area contributed by atoms with Crippen LogP contribution >= 0.6 is 11.8 Å². The SMILES string of the molecule is CSc1ccc(S(=O)(=O)CC2CC(NC(C)C)CCC2NC(=O)CNC(=O)c2cc(C(F)(F)F)ccc2NC(=O)O)cc1. The van der Waals surface area contributed by atoms with Gasteiger partial charge in [0, 0.05) is 23.0 Å². The molecular formula is C28H35F3N4O6S2. The van der Waals surface area contributed by atoms with Gasteiger partial charge in [0.15, 0.2) is 9.84 Å². The third-order valence-electron chi connectivity index (χ3n) is 6.99. The molecule has 3 rings (SSSR count). The highest BCUT2D eigenvalue weighted by Crippen LogP contribution is 2.32. The number of carbonyl (C=O) groups excluding carboxylic acids is 2. The lowest BCUT2D eigenvalue weighted by atomic mass is 9.82. The summed E-state index contributed by atoms with van der Waals surface area (Å²) in [6, 6.07) is 8.17. The Morgan fingerprint density at radius 2 is 1.74 bits per heavy atom. The molecule has 10 nitrogen and oxygen atoms in total. The molecule has 3 unspecified atom stereocenters. The maximum absolute atomic E-state index is 13.3. The number of hydrogen-bond acceptors (Lipinski definition) is 7. The zero-order valence-corrected chi connectivity index (χ0v) is 25.5. The highest BCUT2D eigenvalue weighted by atomic mass is 32.2. The predicted molar refractivity (Wildman–Crippen MR) is 157 cm³/mol. The lowest BCUT2D eigenvalue weighted by Gasteiger charge is -2.37. The molecular weight excluding hydrogens is 609 g/mol. The van der Waals surface area contributed by atoms with Crippen molar-refractivity contribution in [3.8, 4) is 0 Å². The summed E-state index contributed by atoms with van der Waals surface area (Å²) in [5.74, 6) is -2.43. The molecule has 1 aliphatic rings. The van der Waals surface area contributed by atoms with Crippen LogP contribution in [0, 0.1) is 5.92 Å². The van der Waals surface area contributed by atoms with Crippen LogP contribution in [0.25, 0.3) is 0 Å². The van der Waals surface area contributed by atoms with E-state index in [1.54, 1.807) is 24.3 Å². The van der Waals surface area contributed by atoms with E-state index in [-0.39, 0.29) is 28.4 Å². The molecule has 15 heteroatoms. The van der Waals surface area contributed by atoms with Crippen LogP contribution in [0.3, 0.4) is 0 Å². The van der Waals surface area contributed by atoms with Crippen LogP contribution in [0.5, 0.6) is 0 Å². The van der Waals surface area contributed by atoms with E-state index in [0.29, 0.717) is 31.4 Å². The lowest BCUT2D eigenvalue weighted by Crippen LogP contribution is -2.52. The fourth-order valence-corrected chi connectivity index (χ4v) is 7.15. The Labute approximate surface area is 252 Å². The Morgan fingerprint density at radius 1 is 1.07 bits per heavy atom. The highest BCUT2D eigenvalue weighted by molar-refractivity contribution is 7.98. The monoisotopic (exact) mass is 644 g/mol. The van der Waals surface area contributed by atoms with Crippen molar-refractivity contribution in [2.24, 2.45) is 5.92 Å². The Kier molecular flexibility index (Phi) is 11.5. The average Bonchev–Trinajstić information content (AvgIpc) is 2.92. The molecule has 0 saturated heterocycles. The number of benzene rings is 2. The third-order valence-corrected chi connectivity index (χ3v) is 9.59. The number of alkyl halides is 3. The zero-order valence-electron chi connectivity index (χ0n) is 23.8. The molecule has 1 aliphatic carbocycles. The summed E-state index contributed by atoms with van der Waals surface area (Å²) in [4.78, 5) is 37.8. The summed E-state index contributed by atoms with van der Waals surface area (Å²) in [7, 11) is -3.70. The van der Waals surface area contributed by atoms with Crippen LogP contribution in [-0.4, -0.2) is 68.1 Å². The van der Waals surface area contributed by atoms with Gasteiger partial charge in [0.1, 0.15) is 0 Å². The van der Waals surface area contributed by atoms with Crippen LogP contribution in [0.2, 0.25) is 0 Å². The maximum atomic E-state index is 13.3. The summed E-state index contributed by atoms with van der Waals surface area (Å²) >= 11 is 1.49. The van der Waals surface area contributed by atoms with E-state index in [1.807, 2.05) is 25.4 Å². The van der Waals surface area contributed by atoms with Gasteiger partial charge in [0.05, 0.1) is 34.0 Å². The van der Waals surface area contributed by atoms with Gasteiger partial charge in [0.25, 0.3) is 5.91 Å². The summed E-state index contributed by atoms with van der Waals surface area (Å²) < 4.78 is 66.3. The summed E-state index contributed by atoms with van der Waals surface area (Å²) in [6.07, 6.45) is -2.88. The Hall–Kier alpha value is -3.30. The molecule has 2 aromatic carbocycles. The fraction of sp³-hybridized carbons (Fsp3) is 0.464. The van der Waals surface area contributed by atoms with Gasteiger partial charge < -0.3 is 21.1 Å². The van der Waals surface area contributed by atoms with Crippen molar-refractivity contribution in [2.45, 2.75) is 67.2 Å². The molecule has 0 aliphatic heterocycles. The van der Waals surface area contributed by atoms with E-state index in [4.69, 9.17) is 5.11 Å². The normalized spacial score (nSPS) is 19.1. The number of amides is 3. The third kappa shape index (κ3) is 9.86. The van der Waals surface area contributed by atoms with Crippen molar-refractivity contribution >= 4 is 45.2 Å². The highest BCUT2D eigenvalue weighted by Gasteiger charge is 2.36. The molecule has 0 radical (unpaired) electrons. The van der Waals surface area contributed by atoms with Crippen LogP contribution in [0.1, 0.15) is 49.0 Å². The number of nitrogens with one attached hydrogen (secondary N) is 4. The van der Waals surface area contributed by atoms with Crippen molar-refractivity contribution in [3.63, 3.8) is 0 Å². The number of hydrogen-bond donors (Lipinski definition) is 5. The lowest BCUT2D eigenvalue weighted by molar-refractivity contribution is -0.137. The Bertz CT molecular complexity index is 1420. The summed E-state index contributed by atoms with van der Waals surface area (Å²) in [5.41, 5.74) is -2.16.